The second-order valence-electron chi connectivity index (χ2n) is 9.87. The van der Waals surface area contributed by atoms with Crippen LogP contribution >= 0.6 is 0 Å². The van der Waals surface area contributed by atoms with Gasteiger partial charge in [-0.25, -0.2) is 4.39 Å². The smallest absolute Gasteiger partial charge is 0.141 e. The molecular weight excluding hydrogens is 451 g/mol. The van der Waals surface area contributed by atoms with Crippen LogP contribution < -0.4 is 0 Å². The maximum Gasteiger partial charge on any atom is 0.141 e. The molecule has 36 heavy (non-hydrogen) atoms. The highest BCUT2D eigenvalue weighted by Crippen LogP contribution is 2.38. The van der Waals surface area contributed by atoms with E-state index in [9.17, 15) is 9.65 Å². The molecule has 0 radical (unpaired) electrons. The van der Waals surface area contributed by atoms with Gasteiger partial charge in [0.15, 0.2) is 0 Å². The Morgan fingerprint density at radius 3 is 2.72 bits per heavy atom. The lowest BCUT2D eigenvalue weighted by Gasteiger charge is -2.30. The third-order valence-electron chi connectivity index (χ3n) is 7.40. The van der Waals surface area contributed by atoms with Crippen molar-refractivity contribution in [1.82, 2.24) is 24.2 Å². The standard InChI is InChI=1S/C29H27FN6/c1-34-10-3-4-19(17-34)18-36-11-9-24-27(36)16-32-29(21-7-8-26-23(12-21)15-33-35(26)2)28(24)20-5-6-22(14-31)25(30)13-20/h5-9,11-13,15-16,19H,3-4,10,17-18H2,1-2H3. The molecule has 6 rings (SSSR count). The molecule has 0 N–H and O–H groups in total. The van der Waals surface area contributed by atoms with Crippen molar-refractivity contribution in [3.05, 3.63) is 72.4 Å². The molecule has 1 unspecified atom stereocenters. The van der Waals surface area contributed by atoms with Gasteiger partial charge in [-0.1, -0.05) is 12.1 Å². The highest BCUT2D eigenvalue weighted by molar-refractivity contribution is 6.02. The Morgan fingerprint density at radius 1 is 1.06 bits per heavy atom. The third kappa shape index (κ3) is 3.84. The molecule has 1 fully saturated rings. The van der Waals surface area contributed by atoms with Crippen LogP contribution in [0.25, 0.3) is 44.2 Å². The van der Waals surface area contributed by atoms with E-state index in [0.717, 1.165) is 58.3 Å². The molecule has 2 aromatic carbocycles. The van der Waals surface area contributed by atoms with Gasteiger partial charge in [-0.15, -0.1) is 0 Å². The molecule has 1 saturated heterocycles. The topological polar surface area (TPSA) is 62.7 Å². The predicted molar refractivity (Wildman–Crippen MR) is 140 cm³/mol. The van der Waals surface area contributed by atoms with Gasteiger partial charge in [0.05, 0.1) is 34.7 Å². The molecule has 0 bridgehead atoms. The van der Waals surface area contributed by atoms with E-state index in [4.69, 9.17) is 4.98 Å². The molecular formula is C29H27FN6. The number of piperidine rings is 1. The molecule has 0 saturated carbocycles. The molecule has 5 aromatic rings. The SMILES string of the molecule is CN1CCCC(Cn2ccc3c(-c4ccc(C#N)c(F)c4)c(-c4ccc5c(cnn5C)c4)ncc32)C1. The first kappa shape index (κ1) is 22.4. The molecule has 4 heterocycles. The average molecular weight is 479 g/mol. The van der Waals surface area contributed by atoms with Crippen LogP contribution in [0, 0.1) is 23.1 Å². The number of likely N-dealkylation sites (tertiary alicyclic amines) is 1. The van der Waals surface area contributed by atoms with Gasteiger partial charge in [0.1, 0.15) is 11.9 Å². The number of aromatic nitrogens is 4. The summed E-state index contributed by atoms with van der Waals surface area (Å²) in [6, 6.07) is 15.0. The number of fused-ring (bicyclic) bond motifs is 2. The largest absolute Gasteiger partial charge is 0.346 e. The number of nitriles is 1. The lowest BCUT2D eigenvalue weighted by molar-refractivity contribution is 0.195. The summed E-state index contributed by atoms with van der Waals surface area (Å²) in [7, 11) is 4.11. The van der Waals surface area contributed by atoms with E-state index in [-0.39, 0.29) is 5.56 Å². The number of rotatable bonds is 4. The Kier molecular flexibility index (Phi) is 5.54. The van der Waals surface area contributed by atoms with E-state index < -0.39 is 5.82 Å². The van der Waals surface area contributed by atoms with Crippen LogP contribution in [0.3, 0.4) is 0 Å². The number of aryl methyl sites for hydroxylation is 1. The van der Waals surface area contributed by atoms with Crippen LogP contribution in [0.2, 0.25) is 0 Å². The van der Waals surface area contributed by atoms with Gasteiger partial charge in [-0.2, -0.15) is 10.4 Å². The molecule has 0 amide bonds. The number of halogens is 1. The van der Waals surface area contributed by atoms with Crippen molar-refractivity contribution in [2.45, 2.75) is 19.4 Å². The summed E-state index contributed by atoms with van der Waals surface area (Å²) in [4.78, 5) is 7.33. The van der Waals surface area contributed by atoms with E-state index in [1.807, 2.05) is 48.4 Å². The molecule has 0 spiro atoms. The van der Waals surface area contributed by atoms with Gasteiger partial charge < -0.3 is 9.47 Å². The summed E-state index contributed by atoms with van der Waals surface area (Å²) in [6.07, 6.45) is 8.34. The highest BCUT2D eigenvalue weighted by atomic mass is 19.1. The summed E-state index contributed by atoms with van der Waals surface area (Å²) in [5, 5.41) is 15.7. The molecule has 1 atom stereocenters. The summed E-state index contributed by atoms with van der Waals surface area (Å²) in [6.45, 7) is 3.17. The fourth-order valence-corrected chi connectivity index (χ4v) is 5.60. The summed E-state index contributed by atoms with van der Waals surface area (Å²) in [5.74, 6) is 0.0631. The predicted octanol–water partition coefficient (Wildman–Crippen LogP) is 5.61. The highest BCUT2D eigenvalue weighted by Gasteiger charge is 2.21. The molecule has 3 aromatic heterocycles. The Balaban J connectivity index is 1.52. The first-order chi connectivity index (χ1) is 17.5. The molecule has 6 nitrogen and oxygen atoms in total. The normalized spacial score (nSPS) is 16.6. The van der Waals surface area contributed by atoms with Gasteiger partial charge in [0.2, 0.25) is 0 Å². The maximum atomic E-state index is 14.8. The number of nitrogens with zero attached hydrogens (tertiary/aromatic N) is 6. The first-order valence-corrected chi connectivity index (χ1v) is 12.3. The van der Waals surface area contributed by atoms with Crippen LogP contribution in [0.1, 0.15) is 18.4 Å². The molecule has 7 heteroatoms. The second kappa shape index (κ2) is 8.89. The zero-order chi connectivity index (χ0) is 24.8. The van der Waals surface area contributed by atoms with Crippen LogP contribution in [-0.4, -0.2) is 44.4 Å². The summed E-state index contributed by atoms with van der Waals surface area (Å²) < 4.78 is 18.9. The average Bonchev–Trinajstić information content (AvgIpc) is 3.46. The van der Waals surface area contributed by atoms with E-state index in [2.05, 4.69) is 39.9 Å². The first-order valence-electron chi connectivity index (χ1n) is 12.3. The van der Waals surface area contributed by atoms with Gasteiger partial charge >= 0.3 is 0 Å². The Labute approximate surface area is 209 Å². The van der Waals surface area contributed by atoms with Gasteiger partial charge in [-0.3, -0.25) is 9.67 Å². The Hall–Kier alpha value is -4.02. The number of benzene rings is 2. The fraction of sp³-hybridized carbons (Fsp3) is 0.276. The molecule has 1 aliphatic rings. The molecule has 180 valence electrons. The van der Waals surface area contributed by atoms with Crippen molar-refractivity contribution in [2.24, 2.45) is 13.0 Å². The Bertz CT molecular complexity index is 1640. The monoisotopic (exact) mass is 478 g/mol. The van der Waals surface area contributed by atoms with Crippen LogP contribution in [0.4, 0.5) is 4.39 Å². The minimum absolute atomic E-state index is 0.0382. The number of pyridine rings is 1. The summed E-state index contributed by atoms with van der Waals surface area (Å²) in [5.41, 5.74) is 5.42. The Morgan fingerprint density at radius 2 is 1.92 bits per heavy atom. The van der Waals surface area contributed by atoms with Crippen molar-refractivity contribution in [3.8, 4) is 28.5 Å². The van der Waals surface area contributed by atoms with Crippen molar-refractivity contribution in [1.29, 1.82) is 5.26 Å². The van der Waals surface area contributed by atoms with Crippen LogP contribution in [0.15, 0.2) is 61.1 Å². The zero-order valence-corrected chi connectivity index (χ0v) is 20.4. The lowest BCUT2D eigenvalue weighted by atomic mass is 9.95. The van der Waals surface area contributed by atoms with Gasteiger partial charge in [0.25, 0.3) is 0 Å². The zero-order valence-electron chi connectivity index (χ0n) is 20.4. The van der Waals surface area contributed by atoms with Crippen LogP contribution in [0.5, 0.6) is 0 Å². The fourth-order valence-electron chi connectivity index (χ4n) is 5.60. The van der Waals surface area contributed by atoms with Crippen molar-refractivity contribution in [3.63, 3.8) is 0 Å². The van der Waals surface area contributed by atoms with Crippen molar-refractivity contribution < 1.29 is 4.39 Å². The van der Waals surface area contributed by atoms with Crippen LogP contribution in [-0.2, 0) is 13.6 Å². The van der Waals surface area contributed by atoms with Crippen molar-refractivity contribution in [2.75, 3.05) is 20.1 Å². The minimum atomic E-state index is -0.523. The van der Waals surface area contributed by atoms with E-state index in [1.54, 1.807) is 6.07 Å². The van der Waals surface area contributed by atoms with E-state index in [1.165, 1.54) is 18.9 Å². The van der Waals surface area contributed by atoms with E-state index >= 15 is 0 Å². The second-order valence-corrected chi connectivity index (χ2v) is 9.87. The van der Waals surface area contributed by atoms with E-state index in [0.29, 0.717) is 11.5 Å². The lowest BCUT2D eigenvalue weighted by Crippen LogP contribution is -2.33. The van der Waals surface area contributed by atoms with Gasteiger partial charge in [0, 0.05) is 48.2 Å². The quantitative estimate of drug-likeness (QED) is 0.337. The maximum absolute atomic E-state index is 14.8. The molecule has 0 aliphatic carbocycles. The summed E-state index contributed by atoms with van der Waals surface area (Å²) >= 11 is 0. The van der Waals surface area contributed by atoms with Gasteiger partial charge in [-0.05, 0) is 68.2 Å². The minimum Gasteiger partial charge on any atom is -0.346 e. The third-order valence-corrected chi connectivity index (χ3v) is 7.40. The van der Waals surface area contributed by atoms with Crippen molar-refractivity contribution >= 4 is 21.8 Å². The number of hydrogen-bond donors (Lipinski definition) is 0. The molecule has 1 aliphatic heterocycles. The number of hydrogen-bond acceptors (Lipinski definition) is 4.